The Balaban J connectivity index is 0.000000133. The zero-order valence-electron chi connectivity index (χ0n) is 10.1. The van der Waals surface area contributed by atoms with E-state index in [1.54, 1.807) is 18.6 Å². The highest BCUT2D eigenvalue weighted by molar-refractivity contribution is 7.95. The van der Waals surface area contributed by atoms with Gasteiger partial charge in [0.1, 0.15) is 0 Å². The van der Waals surface area contributed by atoms with E-state index in [2.05, 4.69) is 49.2 Å². The van der Waals surface area contributed by atoms with Crippen molar-refractivity contribution in [3.63, 3.8) is 0 Å². The van der Waals surface area contributed by atoms with Gasteiger partial charge in [0.05, 0.1) is 36.4 Å². The molecule has 0 fully saturated rings. The van der Waals surface area contributed by atoms with Gasteiger partial charge in [-0.3, -0.25) is 5.10 Å². The summed E-state index contributed by atoms with van der Waals surface area (Å²) in [6.07, 6.45) is 10.7. The lowest BCUT2D eigenvalue weighted by Crippen LogP contribution is -1.61. The molecule has 0 saturated carbocycles. The Hall–Kier alpha value is -2.69. The average molecular weight is 297 g/mol. The highest BCUT2D eigenvalue weighted by Gasteiger charge is 1.88. The van der Waals surface area contributed by atoms with Crippen molar-refractivity contribution in [2.75, 3.05) is 5.75 Å². The number of aromatic nitrogens is 6. The van der Waals surface area contributed by atoms with Gasteiger partial charge >= 0.3 is 0 Å². The van der Waals surface area contributed by atoms with E-state index in [9.17, 15) is 0 Å². The molecule has 0 saturated heterocycles. The molecule has 0 bridgehead atoms. The summed E-state index contributed by atoms with van der Waals surface area (Å²) in [6.45, 7) is 0. The van der Waals surface area contributed by atoms with Gasteiger partial charge in [0.2, 0.25) is 12.8 Å². The molecule has 4 rings (SSSR count). The quantitative estimate of drug-likeness (QED) is 0.608. The maximum atomic E-state index is 4.43. The van der Waals surface area contributed by atoms with E-state index >= 15 is 0 Å². The van der Waals surface area contributed by atoms with Gasteiger partial charge < -0.3 is 8.70 Å². The van der Waals surface area contributed by atoms with Gasteiger partial charge in [0, 0.05) is 12.4 Å². The molecule has 4 heterocycles. The molecule has 0 atom stereocenters. The molecule has 0 spiro atoms. The van der Waals surface area contributed by atoms with Crippen LogP contribution in [0.4, 0.5) is 0 Å². The fourth-order valence-corrected chi connectivity index (χ4v) is 0.944. The third-order valence-electron chi connectivity index (χ3n) is 1.28. The Labute approximate surface area is 117 Å². The minimum Gasteiger partial charge on any atom is -0.431 e. The molecule has 1 aliphatic rings. The second kappa shape index (κ2) is 12.8. The standard InChI is InChI=1S/C3H4N2.2C2H2N2O.C2H3NOS/c1-2-4-5-3-1;1-3-4-2-5-1;1-2-4-5-3-1;1-2-5-4-3-1/h1-3H,(H,4,5);2*1-2H;1H,2H2. The number of oxime groups is 1. The number of aromatic amines is 1. The van der Waals surface area contributed by atoms with Gasteiger partial charge in [-0.2, -0.15) is 5.10 Å². The van der Waals surface area contributed by atoms with Crippen LogP contribution in [0.5, 0.6) is 0 Å². The summed E-state index contributed by atoms with van der Waals surface area (Å²) in [5, 5.41) is 22.7. The molecular weight excluding hydrogens is 286 g/mol. The molecule has 0 aromatic carbocycles. The maximum Gasteiger partial charge on any atom is 0.203 e. The number of nitrogens with one attached hydrogen (secondary N) is 1. The third kappa shape index (κ3) is 10.5. The fraction of sp³-hybridized carbons (Fsp3) is 0.111. The Kier molecular flexibility index (Phi) is 9.80. The highest BCUT2D eigenvalue weighted by atomic mass is 32.2. The predicted octanol–water partition coefficient (Wildman–Crippen LogP) is 1.20. The number of hydrogen-bond donors (Lipinski definition) is 1. The summed E-state index contributed by atoms with van der Waals surface area (Å²) in [7, 11) is 0. The lowest BCUT2D eigenvalue weighted by atomic mass is 10.8. The second-order valence-corrected chi connectivity index (χ2v) is 3.30. The van der Waals surface area contributed by atoms with Crippen molar-refractivity contribution in [2.45, 2.75) is 0 Å². The zero-order valence-corrected chi connectivity index (χ0v) is 11.0. The van der Waals surface area contributed by atoms with Crippen LogP contribution in [0.25, 0.3) is 0 Å². The highest BCUT2D eigenvalue weighted by Crippen LogP contribution is 2.04. The van der Waals surface area contributed by atoms with Gasteiger partial charge in [-0.15, -0.1) is 10.2 Å². The first-order chi connectivity index (χ1) is 10.0. The monoisotopic (exact) mass is 297 g/mol. The molecule has 1 N–H and O–H groups in total. The van der Waals surface area contributed by atoms with Crippen LogP contribution in [0.3, 0.4) is 0 Å². The number of nitrogens with zero attached hydrogens (tertiary/aromatic N) is 6. The molecule has 3 aromatic rings. The molecule has 20 heavy (non-hydrogen) atoms. The maximum absolute atomic E-state index is 4.43. The normalized spacial score (nSPS) is 10.8. The second-order valence-electron chi connectivity index (χ2n) is 2.58. The summed E-state index contributed by atoms with van der Waals surface area (Å²) >= 11 is 1.35. The Morgan fingerprint density at radius 1 is 1.05 bits per heavy atom. The van der Waals surface area contributed by atoms with E-state index in [0.29, 0.717) is 0 Å². The van der Waals surface area contributed by atoms with Gasteiger partial charge in [0.15, 0.2) is 0 Å². The summed E-state index contributed by atoms with van der Waals surface area (Å²) < 4.78 is 12.9. The van der Waals surface area contributed by atoms with Crippen LogP contribution >= 0.6 is 12.0 Å². The van der Waals surface area contributed by atoms with Gasteiger partial charge in [-0.25, -0.2) is 4.63 Å². The minimum atomic E-state index is 0.903. The molecule has 0 radical (unpaired) electrons. The Morgan fingerprint density at radius 2 is 1.85 bits per heavy atom. The van der Waals surface area contributed by atoms with Crippen molar-refractivity contribution in [2.24, 2.45) is 5.16 Å². The van der Waals surface area contributed by atoms with E-state index in [4.69, 9.17) is 0 Å². The largest absolute Gasteiger partial charge is 0.431 e. The molecule has 11 heteroatoms. The van der Waals surface area contributed by atoms with Crippen molar-refractivity contribution in [3.8, 4) is 0 Å². The van der Waals surface area contributed by atoms with E-state index in [1.807, 2.05) is 6.07 Å². The van der Waals surface area contributed by atoms with Crippen LogP contribution in [-0.4, -0.2) is 42.7 Å². The molecule has 0 amide bonds. The lowest BCUT2D eigenvalue weighted by molar-refractivity contribution is 0.307. The average Bonchev–Trinajstić information content (AvgIpc) is 3.40. The summed E-state index contributed by atoms with van der Waals surface area (Å²) in [6, 6.07) is 1.83. The van der Waals surface area contributed by atoms with Gasteiger partial charge in [0.25, 0.3) is 0 Å². The number of hydrogen-bond acceptors (Lipinski definition) is 10. The summed E-state index contributed by atoms with van der Waals surface area (Å²) in [5.74, 6) is 0.903. The summed E-state index contributed by atoms with van der Waals surface area (Å²) in [5.41, 5.74) is 0. The molecule has 3 aromatic heterocycles. The molecule has 106 valence electrons. The first-order valence-corrected chi connectivity index (χ1v) is 6.05. The minimum absolute atomic E-state index is 0.903. The van der Waals surface area contributed by atoms with Crippen LogP contribution in [0.15, 0.2) is 57.8 Å². The van der Waals surface area contributed by atoms with Crippen molar-refractivity contribution >= 4 is 18.3 Å². The van der Waals surface area contributed by atoms with Crippen LogP contribution < -0.4 is 0 Å². The van der Waals surface area contributed by atoms with E-state index < -0.39 is 0 Å². The van der Waals surface area contributed by atoms with Crippen molar-refractivity contribution in [1.29, 1.82) is 0 Å². The molecular formula is C9H11N7O3S. The SMILES string of the molecule is C1=NOSC1.c1cn[nH]c1.c1cnon1.c1nnco1. The zero-order chi connectivity index (χ0) is 14.1. The van der Waals surface area contributed by atoms with Gasteiger partial charge in [-0.1, -0.05) is 15.5 Å². The van der Waals surface area contributed by atoms with Crippen LogP contribution in [0.2, 0.25) is 0 Å². The topological polar surface area (TPSA) is 128 Å². The molecule has 10 nitrogen and oxygen atoms in total. The molecule has 1 aliphatic heterocycles. The van der Waals surface area contributed by atoms with Crippen molar-refractivity contribution in [1.82, 2.24) is 30.7 Å². The van der Waals surface area contributed by atoms with E-state index in [0.717, 1.165) is 5.75 Å². The molecule has 0 unspecified atom stereocenters. The predicted molar refractivity (Wildman–Crippen MR) is 69.2 cm³/mol. The van der Waals surface area contributed by atoms with Crippen LogP contribution in [-0.2, 0) is 4.28 Å². The van der Waals surface area contributed by atoms with Crippen molar-refractivity contribution in [3.05, 3.63) is 43.6 Å². The lowest BCUT2D eigenvalue weighted by Gasteiger charge is -1.72. The summed E-state index contributed by atoms with van der Waals surface area (Å²) in [4.78, 5) is 0. The number of H-pyrrole nitrogens is 1. The van der Waals surface area contributed by atoms with E-state index in [1.165, 1.54) is 37.2 Å². The van der Waals surface area contributed by atoms with Crippen LogP contribution in [0, 0.1) is 0 Å². The smallest absolute Gasteiger partial charge is 0.203 e. The van der Waals surface area contributed by atoms with Gasteiger partial charge in [-0.05, 0) is 6.07 Å². The van der Waals surface area contributed by atoms with E-state index in [-0.39, 0.29) is 0 Å². The van der Waals surface area contributed by atoms with Crippen LogP contribution in [0.1, 0.15) is 0 Å². The first kappa shape index (κ1) is 15.4. The Bertz CT molecular complexity index is 366. The fourth-order valence-electron chi connectivity index (χ4n) is 0.639. The molecule has 0 aliphatic carbocycles. The first-order valence-electron chi connectivity index (χ1n) is 5.14. The third-order valence-corrected chi connectivity index (χ3v) is 1.76. The number of rotatable bonds is 0. The van der Waals surface area contributed by atoms with Crippen molar-refractivity contribution < 1.29 is 13.3 Å². The Morgan fingerprint density at radius 3 is 2.05 bits per heavy atom.